The second kappa shape index (κ2) is 5.17. The van der Waals surface area contributed by atoms with Crippen molar-refractivity contribution in [3.8, 4) is 0 Å². The third-order valence-corrected chi connectivity index (χ3v) is 4.26. The largest absolute Gasteiger partial charge is 0.393 e. The van der Waals surface area contributed by atoms with Gasteiger partial charge in [-0.15, -0.1) is 0 Å². The van der Waals surface area contributed by atoms with Gasteiger partial charge in [-0.3, -0.25) is 4.79 Å². The van der Waals surface area contributed by atoms with Crippen LogP contribution in [-0.4, -0.2) is 35.1 Å². The van der Waals surface area contributed by atoms with Crippen molar-refractivity contribution in [2.45, 2.75) is 51.6 Å². The van der Waals surface area contributed by atoms with E-state index >= 15 is 0 Å². The van der Waals surface area contributed by atoms with Crippen LogP contribution in [0.3, 0.4) is 0 Å². The number of carbonyl (C=O) groups is 1. The summed E-state index contributed by atoms with van der Waals surface area (Å²) >= 11 is 0. The summed E-state index contributed by atoms with van der Waals surface area (Å²) in [6, 6.07) is 0. The van der Waals surface area contributed by atoms with E-state index in [1.165, 1.54) is 19.3 Å². The minimum atomic E-state index is -0.219. The van der Waals surface area contributed by atoms with Gasteiger partial charge in [-0.2, -0.15) is 0 Å². The van der Waals surface area contributed by atoms with E-state index in [1.54, 1.807) is 0 Å². The monoisotopic (exact) mass is 225 g/mol. The van der Waals surface area contributed by atoms with Gasteiger partial charge >= 0.3 is 0 Å². The van der Waals surface area contributed by atoms with Gasteiger partial charge in [0, 0.05) is 19.5 Å². The average Bonchev–Trinajstić information content (AvgIpc) is 2.23. The minimum Gasteiger partial charge on any atom is -0.393 e. The van der Waals surface area contributed by atoms with Crippen LogP contribution in [0.1, 0.15) is 45.4 Å². The highest BCUT2D eigenvalue weighted by Crippen LogP contribution is 2.30. The second-order valence-corrected chi connectivity index (χ2v) is 5.46. The zero-order chi connectivity index (χ0) is 11.5. The molecule has 1 amide bonds. The van der Waals surface area contributed by atoms with E-state index in [9.17, 15) is 9.90 Å². The van der Waals surface area contributed by atoms with Gasteiger partial charge in [0.05, 0.1) is 6.10 Å². The van der Waals surface area contributed by atoms with E-state index in [-0.39, 0.29) is 6.10 Å². The zero-order valence-electron chi connectivity index (χ0n) is 10.2. The highest BCUT2D eigenvalue weighted by Gasteiger charge is 2.28. The van der Waals surface area contributed by atoms with E-state index in [4.69, 9.17) is 0 Å². The Morgan fingerprint density at radius 3 is 2.38 bits per heavy atom. The molecule has 2 aliphatic rings. The quantitative estimate of drug-likeness (QED) is 0.795. The number of nitrogens with zero attached hydrogens (tertiary/aromatic N) is 1. The average molecular weight is 225 g/mol. The second-order valence-electron chi connectivity index (χ2n) is 5.46. The van der Waals surface area contributed by atoms with Gasteiger partial charge in [0.25, 0.3) is 0 Å². The molecular formula is C13H23NO2. The zero-order valence-corrected chi connectivity index (χ0v) is 10.2. The maximum absolute atomic E-state index is 11.9. The molecule has 0 aromatic heterocycles. The fourth-order valence-corrected chi connectivity index (χ4v) is 2.70. The molecule has 1 atom stereocenters. The van der Waals surface area contributed by atoms with Crippen LogP contribution in [0.5, 0.6) is 0 Å². The van der Waals surface area contributed by atoms with Gasteiger partial charge < -0.3 is 10.0 Å². The number of aliphatic hydroxyl groups excluding tert-OH is 1. The van der Waals surface area contributed by atoms with Gasteiger partial charge in [0.2, 0.25) is 5.91 Å². The molecule has 3 nitrogen and oxygen atoms in total. The summed E-state index contributed by atoms with van der Waals surface area (Å²) in [7, 11) is 0. The van der Waals surface area contributed by atoms with Gasteiger partial charge in [0.1, 0.15) is 0 Å². The third-order valence-electron chi connectivity index (χ3n) is 4.26. The summed E-state index contributed by atoms with van der Waals surface area (Å²) in [4.78, 5) is 13.9. The molecule has 0 radical (unpaired) electrons. The predicted molar refractivity (Wildman–Crippen MR) is 62.9 cm³/mol. The first-order valence-electron chi connectivity index (χ1n) is 6.62. The molecule has 1 heterocycles. The number of aliphatic hydroxyl groups is 1. The van der Waals surface area contributed by atoms with E-state index in [2.05, 4.69) is 0 Å². The maximum atomic E-state index is 11.9. The highest BCUT2D eigenvalue weighted by atomic mass is 16.3. The normalized spacial score (nSPS) is 25.2. The van der Waals surface area contributed by atoms with Crippen LogP contribution in [0, 0.1) is 11.8 Å². The number of likely N-dealkylation sites (tertiary alicyclic amines) is 1. The molecule has 3 heteroatoms. The fourth-order valence-electron chi connectivity index (χ4n) is 2.70. The topological polar surface area (TPSA) is 40.5 Å². The Morgan fingerprint density at radius 2 is 1.94 bits per heavy atom. The number of amides is 1. The van der Waals surface area contributed by atoms with Crippen LogP contribution in [0.25, 0.3) is 0 Å². The Bertz CT molecular complexity index is 240. The standard InChI is InChI=1S/C13H23NO2/c1-10(15)12-5-7-14(8-6-12)13(16)9-11-3-2-4-11/h10-12,15H,2-9H2,1H3. The number of piperidine rings is 1. The number of rotatable bonds is 3. The number of carbonyl (C=O) groups excluding carboxylic acids is 1. The Labute approximate surface area is 97.8 Å². The lowest BCUT2D eigenvalue weighted by Crippen LogP contribution is -2.41. The summed E-state index contributed by atoms with van der Waals surface area (Å²) in [5, 5.41) is 9.49. The van der Waals surface area contributed by atoms with Gasteiger partial charge in [-0.1, -0.05) is 6.42 Å². The minimum absolute atomic E-state index is 0.219. The molecule has 0 spiro atoms. The van der Waals surface area contributed by atoms with E-state index in [0.717, 1.165) is 32.4 Å². The third kappa shape index (κ3) is 2.76. The first-order valence-corrected chi connectivity index (χ1v) is 6.62. The van der Waals surface area contributed by atoms with Crippen LogP contribution in [0.15, 0.2) is 0 Å². The Hall–Kier alpha value is -0.570. The van der Waals surface area contributed by atoms with Crippen LogP contribution < -0.4 is 0 Å². The Kier molecular flexibility index (Phi) is 3.85. The smallest absolute Gasteiger partial charge is 0.222 e. The van der Waals surface area contributed by atoms with Gasteiger partial charge in [-0.25, -0.2) is 0 Å². The molecule has 1 saturated heterocycles. The number of hydrogen-bond acceptors (Lipinski definition) is 2. The van der Waals surface area contributed by atoms with E-state index in [0.29, 0.717) is 17.7 Å². The van der Waals surface area contributed by atoms with Crippen molar-refractivity contribution in [1.29, 1.82) is 0 Å². The van der Waals surface area contributed by atoms with Gasteiger partial charge in [0.15, 0.2) is 0 Å². The molecular weight excluding hydrogens is 202 g/mol. The van der Waals surface area contributed by atoms with Crippen LogP contribution in [0.2, 0.25) is 0 Å². The Balaban J connectivity index is 1.72. The Morgan fingerprint density at radius 1 is 1.31 bits per heavy atom. The molecule has 0 aromatic carbocycles. The molecule has 1 N–H and O–H groups in total. The summed E-state index contributed by atoms with van der Waals surface area (Å²) < 4.78 is 0. The lowest BCUT2D eigenvalue weighted by atomic mass is 9.82. The van der Waals surface area contributed by atoms with E-state index in [1.807, 2.05) is 11.8 Å². The van der Waals surface area contributed by atoms with Crippen molar-refractivity contribution >= 4 is 5.91 Å². The molecule has 0 aromatic rings. The van der Waals surface area contributed by atoms with Crippen molar-refractivity contribution < 1.29 is 9.90 Å². The SMILES string of the molecule is CC(O)C1CCN(C(=O)CC2CCC2)CC1. The summed E-state index contributed by atoms with van der Waals surface area (Å²) in [6.45, 7) is 3.55. The summed E-state index contributed by atoms with van der Waals surface area (Å²) in [5.74, 6) is 1.41. The van der Waals surface area contributed by atoms with Crippen molar-refractivity contribution in [2.24, 2.45) is 11.8 Å². The van der Waals surface area contributed by atoms with Crippen molar-refractivity contribution in [3.05, 3.63) is 0 Å². The van der Waals surface area contributed by atoms with Crippen LogP contribution in [0.4, 0.5) is 0 Å². The lowest BCUT2D eigenvalue weighted by molar-refractivity contribution is -0.134. The summed E-state index contributed by atoms with van der Waals surface area (Å²) in [6.07, 6.45) is 6.28. The van der Waals surface area contributed by atoms with Crippen molar-refractivity contribution in [2.75, 3.05) is 13.1 Å². The molecule has 1 saturated carbocycles. The fraction of sp³-hybridized carbons (Fsp3) is 0.923. The lowest BCUT2D eigenvalue weighted by Gasteiger charge is -2.35. The predicted octanol–water partition coefficient (Wildman–Crippen LogP) is 1.80. The molecule has 2 fully saturated rings. The van der Waals surface area contributed by atoms with Crippen molar-refractivity contribution in [1.82, 2.24) is 4.90 Å². The molecule has 16 heavy (non-hydrogen) atoms. The van der Waals surface area contributed by atoms with Gasteiger partial charge in [-0.05, 0) is 44.4 Å². The molecule has 1 unspecified atom stereocenters. The molecule has 1 aliphatic carbocycles. The van der Waals surface area contributed by atoms with E-state index < -0.39 is 0 Å². The molecule has 1 aliphatic heterocycles. The maximum Gasteiger partial charge on any atom is 0.222 e. The first kappa shape index (κ1) is 11.9. The molecule has 0 bridgehead atoms. The molecule has 2 rings (SSSR count). The summed E-state index contributed by atoms with van der Waals surface area (Å²) in [5.41, 5.74) is 0. The molecule has 92 valence electrons. The van der Waals surface area contributed by atoms with Crippen molar-refractivity contribution in [3.63, 3.8) is 0 Å². The van der Waals surface area contributed by atoms with Crippen LogP contribution in [-0.2, 0) is 4.79 Å². The first-order chi connectivity index (χ1) is 7.66. The van der Waals surface area contributed by atoms with Crippen LogP contribution >= 0.6 is 0 Å². The number of hydrogen-bond donors (Lipinski definition) is 1. The highest BCUT2D eigenvalue weighted by molar-refractivity contribution is 5.76.